The third-order valence-corrected chi connectivity index (χ3v) is 3.59. The molecule has 1 aromatic rings. The minimum atomic E-state index is -0.553. The van der Waals surface area contributed by atoms with Crippen molar-refractivity contribution in [3.63, 3.8) is 0 Å². The van der Waals surface area contributed by atoms with Crippen molar-refractivity contribution in [2.45, 2.75) is 18.9 Å². The van der Waals surface area contributed by atoms with Gasteiger partial charge in [-0.05, 0) is 25.0 Å². The van der Waals surface area contributed by atoms with Crippen LogP contribution in [0.25, 0.3) is 0 Å². The standard InChI is InChI=1S/C14H18N2O5/c17-7-8-21-13-3-5-15(6-4-13)12-1-2-14(16(19)20)11(9-12)10-18/h1-2,9-10,13,17H,3-8H2. The van der Waals surface area contributed by atoms with E-state index in [1.165, 1.54) is 6.07 Å². The maximum atomic E-state index is 11.0. The molecule has 0 aromatic heterocycles. The summed E-state index contributed by atoms with van der Waals surface area (Å²) in [7, 11) is 0. The van der Waals surface area contributed by atoms with Gasteiger partial charge in [-0.15, -0.1) is 0 Å². The smallest absolute Gasteiger partial charge is 0.280 e. The largest absolute Gasteiger partial charge is 0.394 e. The summed E-state index contributed by atoms with van der Waals surface area (Å²) in [6.45, 7) is 1.88. The number of aliphatic hydroxyl groups is 1. The fourth-order valence-corrected chi connectivity index (χ4v) is 2.50. The number of nitro groups is 1. The van der Waals surface area contributed by atoms with Gasteiger partial charge in [-0.1, -0.05) is 0 Å². The number of ether oxygens (including phenoxy) is 1. The Kier molecular flexibility index (Phi) is 5.24. The van der Waals surface area contributed by atoms with Crippen molar-refractivity contribution < 1.29 is 19.6 Å². The Morgan fingerprint density at radius 1 is 1.43 bits per heavy atom. The Bertz CT molecular complexity index is 512. The molecule has 0 bridgehead atoms. The first kappa shape index (κ1) is 15.4. The van der Waals surface area contributed by atoms with Crippen molar-refractivity contribution in [1.82, 2.24) is 0 Å². The summed E-state index contributed by atoms with van der Waals surface area (Å²) >= 11 is 0. The molecular formula is C14H18N2O5. The van der Waals surface area contributed by atoms with E-state index < -0.39 is 4.92 Å². The molecule has 1 aromatic carbocycles. The van der Waals surface area contributed by atoms with Crippen LogP contribution in [0.1, 0.15) is 23.2 Å². The molecule has 1 aliphatic heterocycles. The van der Waals surface area contributed by atoms with Gasteiger partial charge < -0.3 is 14.7 Å². The third-order valence-electron chi connectivity index (χ3n) is 3.59. The zero-order valence-corrected chi connectivity index (χ0v) is 11.6. The van der Waals surface area contributed by atoms with Crippen molar-refractivity contribution >= 4 is 17.7 Å². The summed E-state index contributed by atoms with van der Waals surface area (Å²) in [5.41, 5.74) is 0.731. The molecule has 7 nitrogen and oxygen atoms in total. The second-order valence-corrected chi connectivity index (χ2v) is 4.90. The zero-order valence-electron chi connectivity index (χ0n) is 11.6. The van der Waals surface area contributed by atoms with E-state index in [9.17, 15) is 14.9 Å². The normalized spacial score (nSPS) is 16.0. The molecule has 0 amide bonds. The van der Waals surface area contributed by atoms with Gasteiger partial charge in [0.1, 0.15) is 0 Å². The van der Waals surface area contributed by atoms with Crippen LogP contribution in [0.3, 0.4) is 0 Å². The highest BCUT2D eigenvalue weighted by atomic mass is 16.6. The number of anilines is 1. The molecule has 0 spiro atoms. The predicted molar refractivity (Wildman–Crippen MR) is 76.8 cm³/mol. The lowest BCUT2D eigenvalue weighted by atomic mass is 10.1. The van der Waals surface area contributed by atoms with E-state index in [2.05, 4.69) is 4.90 Å². The van der Waals surface area contributed by atoms with Crippen LogP contribution < -0.4 is 4.90 Å². The van der Waals surface area contributed by atoms with E-state index >= 15 is 0 Å². The molecule has 21 heavy (non-hydrogen) atoms. The number of piperidine rings is 1. The number of carbonyl (C=O) groups is 1. The molecule has 0 unspecified atom stereocenters. The summed E-state index contributed by atoms with van der Waals surface area (Å²) in [6, 6.07) is 4.59. The molecule has 1 N–H and O–H groups in total. The lowest BCUT2D eigenvalue weighted by Crippen LogP contribution is -2.37. The van der Waals surface area contributed by atoms with Gasteiger partial charge >= 0.3 is 0 Å². The van der Waals surface area contributed by atoms with Crippen LogP contribution in [0.15, 0.2) is 18.2 Å². The molecule has 1 fully saturated rings. The number of hydrogen-bond acceptors (Lipinski definition) is 6. The second kappa shape index (κ2) is 7.14. The van der Waals surface area contributed by atoms with E-state index in [0.29, 0.717) is 12.9 Å². The molecular weight excluding hydrogens is 276 g/mol. The molecule has 0 radical (unpaired) electrons. The Labute approximate surface area is 122 Å². The van der Waals surface area contributed by atoms with E-state index in [-0.39, 0.29) is 24.0 Å². The van der Waals surface area contributed by atoms with Crippen LogP contribution in [0.5, 0.6) is 0 Å². The molecule has 7 heteroatoms. The maximum Gasteiger partial charge on any atom is 0.280 e. The van der Waals surface area contributed by atoms with Crippen LogP contribution in [0, 0.1) is 10.1 Å². The summed E-state index contributed by atoms with van der Waals surface area (Å²) < 4.78 is 5.49. The Morgan fingerprint density at radius 2 is 2.14 bits per heavy atom. The van der Waals surface area contributed by atoms with Gasteiger partial charge in [-0.3, -0.25) is 14.9 Å². The minimum Gasteiger partial charge on any atom is -0.394 e. The van der Waals surface area contributed by atoms with E-state index in [1.54, 1.807) is 12.1 Å². The van der Waals surface area contributed by atoms with Gasteiger partial charge in [0.15, 0.2) is 6.29 Å². The van der Waals surface area contributed by atoms with Crippen LogP contribution in [0.2, 0.25) is 0 Å². The van der Waals surface area contributed by atoms with E-state index in [1.807, 2.05) is 0 Å². The van der Waals surface area contributed by atoms with E-state index in [0.717, 1.165) is 31.6 Å². The van der Waals surface area contributed by atoms with Gasteiger partial charge in [-0.2, -0.15) is 0 Å². The quantitative estimate of drug-likeness (QED) is 0.484. The maximum absolute atomic E-state index is 11.0. The number of rotatable bonds is 6. The molecule has 0 aliphatic carbocycles. The lowest BCUT2D eigenvalue weighted by Gasteiger charge is -2.33. The SMILES string of the molecule is O=Cc1cc(N2CCC(OCCO)CC2)ccc1[N+](=O)[O-]. The average Bonchev–Trinajstić information content (AvgIpc) is 2.52. The molecule has 0 atom stereocenters. The summed E-state index contributed by atoms with van der Waals surface area (Å²) in [5, 5.41) is 19.5. The Balaban J connectivity index is 2.03. The summed E-state index contributed by atoms with van der Waals surface area (Å²) in [6.07, 6.45) is 2.30. The van der Waals surface area contributed by atoms with Gasteiger partial charge in [0.25, 0.3) is 5.69 Å². The number of hydrogen-bond donors (Lipinski definition) is 1. The highest BCUT2D eigenvalue weighted by Crippen LogP contribution is 2.26. The first-order valence-electron chi connectivity index (χ1n) is 6.86. The highest BCUT2D eigenvalue weighted by Gasteiger charge is 2.21. The van der Waals surface area contributed by atoms with Crippen molar-refractivity contribution in [3.8, 4) is 0 Å². The molecule has 2 rings (SSSR count). The van der Waals surface area contributed by atoms with Gasteiger partial charge in [-0.25, -0.2) is 0 Å². The van der Waals surface area contributed by atoms with Gasteiger partial charge in [0.2, 0.25) is 0 Å². The first-order chi connectivity index (χ1) is 10.2. The Hall–Kier alpha value is -1.99. The fourth-order valence-electron chi connectivity index (χ4n) is 2.50. The molecule has 0 saturated carbocycles. The van der Waals surface area contributed by atoms with Crippen LogP contribution in [-0.4, -0.2) is 48.7 Å². The first-order valence-corrected chi connectivity index (χ1v) is 6.86. The lowest BCUT2D eigenvalue weighted by molar-refractivity contribution is -0.385. The molecule has 1 saturated heterocycles. The van der Waals surface area contributed by atoms with Crippen molar-refractivity contribution in [1.29, 1.82) is 0 Å². The van der Waals surface area contributed by atoms with Gasteiger partial charge in [0, 0.05) is 24.8 Å². The molecule has 1 heterocycles. The predicted octanol–water partition coefficient (Wildman–Crippen LogP) is 1.39. The minimum absolute atomic E-state index is 0.0191. The zero-order chi connectivity index (χ0) is 15.2. The number of nitrogens with zero attached hydrogens (tertiary/aromatic N) is 2. The van der Waals surface area contributed by atoms with Gasteiger partial charge in [0.05, 0.1) is 29.8 Å². The van der Waals surface area contributed by atoms with Crippen molar-refractivity contribution in [3.05, 3.63) is 33.9 Å². The fraction of sp³-hybridized carbons (Fsp3) is 0.500. The number of aldehydes is 1. The van der Waals surface area contributed by atoms with E-state index in [4.69, 9.17) is 9.84 Å². The number of nitro benzene ring substituents is 1. The average molecular weight is 294 g/mol. The second-order valence-electron chi connectivity index (χ2n) is 4.90. The Morgan fingerprint density at radius 3 is 2.71 bits per heavy atom. The monoisotopic (exact) mass is 294 g/mol. The van der Waals surface area contributed by atoms with Crippen LogP contribution in [-0.2, 0) is 4.74 Å². The summed E-state index contributed by atoms with van der Waals surface area (Å²) in [4.78, 5) is 23.3. The molecule has 114 valence electrons. The number of benzene rings is 1. The molecule has 1 aliphatic rings. The van der Waals surface area contributed by atoms with Crippen molar-refractivity contribution in [2.24, 2.45) is 0 Å². The van der Waals surface area contributed by atoms with Crippen molar-refractivity contribution in [2.75, 3.05) is 31.2 Å². The topological polar surface area (TPSA) is 92.9 Å². The highest BCUT2D eigenvalue weighted by molar-refractivity contribution is 5.83. The summed E-state index contributed by atoms with van der Waals surface area (Å²) in [5.74, 6) is 0. The van der Waals surface area contributed by atoms with Crippen LogP contribution in [0.4, 0.5) is 11.4 Å². The number of aliphatic hydroxyl groups excluding tert-OH is 1. The van der Waals surface area contributed by atoms with Crippen LogP contribution >= 0.6 is 0 Å². The number of carbonyl (C=O) groups excluding carboxylic acids is 1. The third kappa shape index (κ3) is 3.77.